The second-order valence-electron chi connectivity index (χ2n) is 9.22. The molecular formula is C29H44N3O10. The van der Waals surface area contributed by atoms with Crippen LogP contribution < -0.4 is 16.0 Å². The van der Waals surface area contributed by atoms with Crippen LogP contribution in [-0.2, 0) is 49.3 Å². The van der Waals surface area contributed by atoms with Crippen molar-refractivity contribution >= 4 is 30.0 Å². The zero-order chi connectivity index (χ0) is 30.7. The number of hydrogen-bond donors (Lipinski definition) is 4. The third-order valence-electron chi connectivity index (χ3n) is 5.78. The molecule has 0 heterocycles. The molecule has 1 radical (unpaired) electrons. The minimum absolute atomic E-state index is 0.0154. The van der Waals surface area contributed by atoms with E-state index in [4.69, 9.17) is 18.9 Å². The van der Waals surface area contributed by atoms with E-state index < -0.39 is 12.0 Å². The summed E-state index contributed by atoms with van der Waals surface area (Å²) in [6.07, 6.45) is 5.20. The number of aliphatic carboxylic acids is 1. The Bertz CT molecular complexity index is 901. The molecule has 0 spiro atoms. The number of benzene rings is 1. The van der Waals surface area contributed by atoms with Gasteiger partial charge in [0.05, 0.1) is 39.6 Å². The lowest BCUT2D eigenvalue weighted by Crippen LogP contribution is -2.41. The Kier molecular flexibility index (Phi) is 22.1. The van der Waals surface area contributed by atoms with Crippen molar-refractivity contribution in [1.82, 2.24) is 16.0 Å². The fourth-order valence-corrected chi connectivity index (χ4v) is 3.62. The molecular weight excluding hydrogens is 550 g/mol. The van der Waals surface area contributed by atoms with E-state index in [0.717, 1.165) is 19.3 Å². The van der Waals surface area contributed by atoms with Crippen molar-refractivity contribution in [2.75, 3.05) is 65.9 Å². The number of carboxylic acids is 1. The van der Waals surface area contributed by atoms with E-state index in [-0.39, 0.29) is 83.2 Å². The van der Waals surface area contributed by atoms with Gasteiger partial charge in [0.25, 0.3) is 0 Å². The van der Waals surface area contributed by atoms with E-state index in [1.165, 1.54) is 5.56 Å². The molecule has 0 aliphatic carbocycles. The van der Waals surface area contributed by atoms with Gasteiger partial charge in [0.15, 0.2) is 0 Å². The minimum Gasteiger partial charge on any atom is -0.480 e. The summed E-state index contributed by atoms with van der Waals surface area (Å²) < 4.78 is 20.6. The van der Waals surface area contributed by atoms with Gasteiger partial charge in [-0.1, -0.05) is 36.8 Å². The highest BCUT2D eigenvalue weighted by Gasteiger charge is 2.20. The Morgan fingerprint density at radius 3 is 2.05 bits per heavy atom. The Morgan fingerprint density at radius 1 is 0.738 bits per heavy atom. The predicted octanol–water partition coefficient (Wildman–Crippen LogP) is 0.548. The van der Waals surface area contributed by atoms with Crippen molar-refractivity contribution in [3.8, 4) is 0 Å². The van der Waals surface area contributed by atoms with Crippen molar-refractivity contribution in [3.05, 3.63) is 35.9 Å². The zero-order valence-corrected chi connectivity index (χ0v) is 24.1. The van der Waals surface area contributed by atoms with Gasteiger partial charge in [-0.25, -0.2) is 4.79 Å². The first-order valence-corrected chi connectivity index (χ1v) is 14.2. The molecule has 0 saturated heterocycles. The molecule has 1 rings (SSSR count). The number of hydrogen-bond acceptors (Lipinski definition) is 9. The van der Waals surface area contributed by atoms with Crippen molar-refractivity contribution in [3.63, 3.8) is 0 Å². The number of ether oxygens (including phenoxy) is 4. The minimum atomic E-state index is -1.18. The fraction of sp³-hybridized carbons (Fsp3) is 0.621. The molecule has 1 atom stereocenters. The molecule has 0 saturated carbocycles. The first kappa shape index (κ1) is 36.6. The highest BCUT2D eigenvalue weighted by molar-refractivity contribution is 5.84. The van der Waals surface area contributed by atoms with E-state index in [2.05, 4.69) is 28.1 Å². The Balaban J connectivity index is 1.99. The van der Waals surface area contributed by atoms with Crippen LogP contribution in [0.5, 0.6) is 0 Å². The SMILES string of the molecule is O=[C]COCCOCCNC(=O)COCCOCCNC(=O)CC[C@H](NC(=O)CCCCCc1ccccc1)C(=O)O. The maximum atomic E-state index is 12.2. The monoisotopic (exact) mass is 594 g/mol. The Hall–Kier alpha value is -3.39. The lowest BCUT2D eigenvalue weighted by atomic mass is 10.1. The highest BCUT2D eigenvalue weighted by Crippen LogP contribution is 2.08. The molecule has 1 aromatic rings. The number of unbranched alkanes of at least 4 members (excludes halogenated alkanes) is 2. The molecule has 0 unspecified atom stereocenters. The van der Waals surface area contributed by atoms with Gasteiger partial charge in [-0.05, 0) is 31.2 Å². The number of aryl methyl sites for hydroxylation is 1. The lowest BCUT2D eigenvalue weighted by molar-refractivity contribution is -0.142. The Morgan fingerprint density at radius 2 is 1.38 bits per heavy atom. The van der Waals surface area contributed by atoms with Crippen LogP contribution in [0.4, 0.5) is 0 Å². The number of carbonyl (C=O) groups excluding carboxylic acids is 4. The maximum absolute atomic E-state index is 12.2. The standard InChI is InChI=1S/C29H44N3O10/c33-15-18-41-20-19-39-17-14-31-28(36)23-42-22-21-40-16-13-30-26(34)12-11-25(29(37)38)32-27(35)10-6-2-5-9-24-7-3-1-4-8-24/h1,3-4,7-8,25H,2,5-6,9-14,16-23H2,(H,30,34)(H,31,36)(H,32,35)(H,37,38)/t25-/m0/s1. The van der Waals surface area contributed by atoms with Crippen LogP contribution in [0.2, 0.25) is 0 Å². The van der Waals surface area contributed by atoms with Gasteiger partial charge in [0.2, 0.25) is 24.0 Å². The molecule has 235 valence electrons. The van der Waals surface area contributed by atoms with Crippen LogP contribution in [0.15, 0.2) is 30.3 Å². The molecule has 0 aromatic heterocycles. The van der Waals surface area contributed by atoms with Gasteiger partial charge < -0.3 is 40.0 Å². The summed E-state index contributed by atoms with van der Waals surface area (Å²) in [5, 5.41) is 17.2. The number of carbonyl (C=O) groups is 4. The van der Waals surface area contributed by atoms with Crippen LogP contribution in [0.25, 0.3) is 0 Å². The van der Waals surface area contributed by atoms with Gasteiger partial charge in [-0.15, -0.1) is 0 Å². The third kappa shape index (κ3) is 21.4. The van der Waals surface area contributed by atoms with Gasteiger partial charge in [-0.2, -0.15) is 0 Å². The quantitative estimate of drug-likeness (QED) is 0.105. The van der Waals surface area contributed by atoms with Crippen LogP contribution in [-0.4, -0.2) is 107 Å². The maximum Gasteiger partial charge on any atom is 0.326 e. The van der Waals surface area contributed by atoms with Gasteiger partial charge in [-0.3, -0.25) is 19.2 Å². The van der Waals surface area contributed by atoms with Crippen molar-refractivity contribution < 1.29 is 48.0 Å². The van der Waals surface area contributed by atoms with E-state index in [0.29, 0.717) is 26.2 Å². The van der Waals surface area contributed by atoms with Crippen LogP contribution >= 0.6 is 0 Å². The largest absolute Gasteiger partial charge is 0.480 e. The predicted molar refractivity (Wildman–Crippen MR) is 152 cm³/mol. The third-order valence-corrected chi connectivity index (χ3v) is 5.78. The van der Waals surface area contributed by atoms with Gasteiger partial charge >= 0.3 is 5.97 Å². The fourth-order valence-electron chi connectivity index (χ4n) is 3.62. The smallest absolute Gasteiger partial charge is 0.326 e. The van der Waals surface area contributed by atoms with Crippen molar-refractivity contribution in [2.45, 2.75) is 51.0 Å². The van der Waals surface area contributed by atoms with Crippen molar-refractivity contribution in [1.29, 1.82) is 0 Å². The summed E-state index contributed by atoms with van der Waals surface area (Å²) in [4.78, 5) is 57.3. The summed E-state index contributed by atoms with van der Waals surface area (Å²) in [6.45, 7) is 1.84. The first-order chi connectivity index (χ1) is 20.4. The average molecular weight is 595 g/mol. The molecule has 13 heteroatoms. The molecule has 42 heavy (non-hydrogen) atoms. The summed E-state index contributed by atoms with van der Waals surface area (Å²) >= 11 is 0. The number of carboxylic acid groups (broad SMARTS) is 1. The number of nitrogens with one attached hydrogen (secondary N) is 3. The van der Waals surface area contributed by atoms with Crippen LogP contribution in [0, 0.1) is 0 Å². The number of rotatable bonds is 27. The molecule has 1 aromatic carbocycles. The average Bonchev–Trinajstić information content (AvgIpc) is 2.98. The Labute approximate surface area is 247 Å². The summed E-state index contributed by atoms with van der Waals surface area (Å²) in [5.74, 6) is -2.16. The summed E-state index contributed by atoms with van der Waals surface area (Å²) in [6, 6.07) is 8.95. The summed E-state index contributed by atoms with van der Waals surface area (Å²) in [7, 11) is 0. The first-order valence-electron chi connectivity index (χ1n) is 14.2. The molecule has 0 aliphatic heterocycles. The molecule has 13 nitrogen and oxygen atoms in total. The second-order valence-corrected chi connectivity index (χ2v) is 9.22. The molecule has 0 fully saturated rings. The molecule has 0 aliphatic rings. The van der Waals surface area contributed by atoms with E-state index in [1.807, 2.05) is 18.2 Å². The summed E-state index contributed by atoms with van der Waals surface area (Å²) in [5.41, 5.74) is 1.25. The molecule has 4 N–H and O–H groups in total. The van der Waals surface area contributed by atoms with E-state index >= 15 is 0 Å². The van der Waals surface area contributed by atoms with E-state index in [9.17, 15) is 29.1 Å². The second kappa shape index (κ2) is 25.3. The highest BCUT2D eigenvalue weighted by atomic mass is 16.5. The van der Waals surface area contributed by atoms with Crippen molar-refractivity contribution in [2.24, 2.45) is 0 Å². The topological polar surface area (TPSA) is 179 Å². The molecule has 3 amide bonds. The lowest BCUT2D eigenvalue weighted by Gasteiger charge is -2.14. The van der Waals surface area contributed by atoms with Crippen LogP contribution in [0.1, 0.15) is 44.1 Å². The van der Waals surface area contributed by atoms with Crippen LogP contribution in [0.3, 0.4) is 0 Å². The number of amides is 3. The van der Waals surface area contributed by atoms with Gasteiger partial charge in [0.1, 0.15) is 19.3 Å². The molecule has 0 bridgehead atoms. The van der Waals surface area contributed by atoms with Gasteiger partial charge in [0, 0.05) is 25.9 Å². The zero-order valence-electron chi connectivity index (χ0n) is 24.1. The normalized spacial score (nSPS) is 11.4. The van der Waals surface area contributed by atoms with E-state index in [1.54, 1.807) is 6.29 Å².